The third-order valence-corrected chi connectivity index (χ3v) is 5.38. The number of carboxylic acid groups (broad SMARTS) is 1. The fourth-order valence-electron chi connectivity index (χ4n) is 3.74. The number of amides is 1. The summed E-state index contributed by atoms with van der Waals surface area (Å²) in [6.45, 7) is 1.50. The van der Waals surface area contributed by atoms with Crippen LogP contribution in [0.25, 0.3) is 0 Å². The van der Waals surface area contributed by atoms with Crippen LogP contribution < -0.4 is 15.3 Å². The van der Waals surface area contributed by atoms with Crippen LogP contribution in [-0.4, -0.2) is 72.7 Å². The summed E-state index contributed by atoms with van der Waals surface area (Å²) in [5.74, 6) is -1.72. The molecule has 0 saturated carbocycles. The Morgan fingerprint density at radius 1 is 1.35 bits per heavy atom. The van der Waals surface area contributed by atoms with Crippen LogP contribution in [0.2, 0.25) is 0 Å². The molecular formula is C17H24BN3O5. The van der Waals surface area contributed by atoms with Crippen molar-refractivity contribution in [1.29, 1.82) is 0 Å². The number of carbonyl (C=O) groups is 2. The molecule has 1 saturated heterocycles. The molecule has 2 aliphatic rings. The Kier molecular flexibility index (Phi) is 5.22. The summed E-state index contributed by atoms with van der Waals surface area (Å²) in [6, 6.07) is 4.82. The van der Waals surface area contributed by atoms with Crippen LogP contribution in [0, 0.1) is 0 Å². The highest BCUT2D eigenvalue weighted by Gasteiger charge is 2.45. The van der Waals surface area contributed by atoms with Crippen molar-refractivity contribution in [2.45, 2.75) is 30.7 Å². The number of carboxylic acids is 1. The van der Waals surface area contributed by atoms with Crippen molar-refractivity contribution in [3.05, 3.63) is 29.3 Å². The first-order valence-corrected chi connectivity index (χ1v) is 8.74. The third-order valence-electron chi connectivity index (χ3n) is 5.38. The molecule has 3 rings (SSSR count). The van der Waals surface area contributed by atoms with Gasteiger partial charge in [-0.05, 0) is 58.1 Å². The van der Waals surface area contributed by atoms with Gasteiger partial charge in [0.1, 0.15) is 11.3 Å². The molecule has 1 aromatic rings. The molecule has 1 aromatic carbocycles. The van der Waals surface area contributed by atoms with Gasteiger partial charge in [0.2, 0.25) is 5.91 Å². The first-order valence-electron chi connectivity index (χ1n) is 8.74. The zero-order chi connectivity index (χ0) is 18.9. The predicted molar refractivity (Wildman–Crippen MR) is 96.2 cm³/mol. The summed E-state index contributed by atoms with van der Waals surface area (Å²) in [7, 11) is 2.47. The largest absolute Gasteiger partial charge is 0.547 e. The smallest absolute Gasteiger partial charge is 0.534 e. The molecule has 1 atom stereocenters. The zero-order valence-corrected chi connectivity index (χ0v) is 15.0. The molecule has 26 heavy (non-hydrogen) atoms. The van der Waals surface area contributed by atoms with E-state index in [-0.39, 0.29) is 17.2 Å². The van der Waals surface area contributed by atoms with E-state index in [0.29, 0.717) is 24.8 Å². The van der Waals surface area contributed by atoms with E-state index in [1.165, 1.54) is 6.07 Å². The number of fused-ring (bicyclic) bond motifs is 1. The Hall–Kier alpha value is -2.10. The Morgan fingerprint density at radius 3 is 2.65 bits per heavy atom. The van der Waals surface area contributed by atoms with Crippen molar-refractivity contribution in [3.8, 4) is 5.75 Å². The second kappa shape index (κ2) is 7.26. The van der Waals surface area contributed by atoms with Gasteiger partial charge in [-0.2, -0.15) is 0 Å². The number of para-hydroxylation sites is 1. The van der Waals surface area contributed by atoms with Crippen LogP contribution in [0.3, 0.4) is 0 Å². The molecule has 2 heterocycles. The normalized spacial score (nSPS) is 21.7. The molecule has 0 spiro atoms. The SMILES string of the molecule is CN(C)C1(C(=O)N[C@H]2Cc3cccc(C(=O)O)c3OB2O)CCNCC1. The minimum atomic E-state index is -1.30. The van der Waals surface area contributed by atoms with E-state index in [0.717, 1.165) is 13.1 Å². The van der Waals surface area contributed by atoms with Crippen molar-refractivity contribution in [3.63, 3.8) is 0 Å². The molecule has 1 amide bonds. The minimum Gasteiger partial charge on any atom is -0.534 e. The lowest BCUT2D eigenvalue weighted by atomic mass is 9.71. The molecular weight excluding hydrogens is 337 g/mol. The minimum absolute atomic E-state index is 0.00874. The Bertz CT molecular complexity index is 706. The van der Waals surface area contributed by atoms with Crippen LogP contribution in [0.4, 0.5) is 0 Å². The van der Waals surface area contributed by atoms with Gasteiger partial charge in [-0.3, -0.25) is 9.69 Å². The number of likely N-dealkylation sites (N-methyl/N-ethyl adjacent to an activating group) is 1. The first kappa shape index (κ1) is 18.7. The highest BCUT2D eigenvalue weighted by Crippen LogP contribution is 2.31. The van der Waals surface area contributed by atoms with E-state index in [9.17, 15) is 19.7 Å². The van der Waals surface area contributed by atoms with Gasteiger partial charge in [0.05, 0.1) is 11.5 Å². The first-order chi connectivity index (χ1) is 12.3. The molecule has 1 fully saturated rings. The molecule has 0 aromatic heterocycles. The van der Waals surface area contributed by atoms with E-state index >= 15 is 0 Å². The average Bonchev–Trinajstić information content (AvgIpc) is 2.62. The van der Waals surface area contributed by atoms with E-state index < -0.39 is 24.6 Å². The van der Waals surface area contributed by atoms with Crippen molar-refractivity contribution in [1.82, 2.24) is 15.5 Å². The van der Waals surface area contributed by atoms with Crippen molar-refractivity contribution in [2.24, 2.45) is 0 Å². The van der Waals surface area contributed by atoms with Gasteiger partial charge >= 0.3 is 13.1 Å². The van der Waals surface area contributed by atoms with Crippen LogP contribution in [0.5, 0.6) is 5.75 Å². The Morgan fingerprint density at radius 2 is 2.04 bits per heavy atom. The van der Waals surface area contributed by atoms with Gasteiger partial charge in [-0.25, -0.2) is 4.79 Å². The summed E-state index contributed by atoms with van der Waals surface area (Å²) < 4.78 is 5.45. The Balaban J connectivity index is 1.79. The molecule has 140 valence electrons. The van der Waals surface area contributed by atoms with E-state index in [1.54, 1.807) is 12.1 Å². The summed E-state index contributed by atoms with van der Waals surface area (Å²) in [4.78, 5) is 26.3. The number of benzene rings is 1. The zero-order valence-electron chi connectivity index (χ0n) is 15.0. The number of carbonyl (C=O) groups excluding carboxylic acids is 1. The van der Waals surface area contributed by atoms with Gasteiger partial charge in [-0.1, -0.05) is 12.1 Å². The second-order valence-corrected chi connectivity index (χ2v) is 7.07. The number of nitrogens with zero attached hydrogens (tertiary/aromatic N) is 1. The maximum atomic E-state index is 13.0. The number of hydrogen-bond acceptors (Lipinski definition) is 6. The van der Waals surface area contributed by atoms with Gasteiger partial charge < -0.3 is 25.4 Å². The topological polar surface area (TPSA) is 111 Å². The molecule has 2 aliphatic heterocycles. The van der Waals surface area contributed by atoms with Gasteiger partial charge in [-0.15, -0.1) is 0 Å². The lowest BCUT2D eigenvalue weighted by molar-refractivity contribution is -0.134. The summed E-state index contributed by atoms with van der Waals surface area (Å²) in [6.07, 6.45) is 1.66. The van der Waals surface area contributed by atoms with Crippen molar-refractivity contribution < 1.29 is 24.4 Å². The van der Waals surface area contributed by atoms with Crippen LogP contribution in [0.1, 0.15) is 28.8 Å². The molecule has 8 nitrogen and oxygen atoms in total. The molecule has 9 heteroatoms. The molecule has 0 bridgehead atoms. The quantitative estimate of drug-likeness (QED) is 0.536. The van der Waals surface area contributed by atoms with Crippen molar-refractivity contribution >= 4 is 19.0 Å². The molecule has 0 radical (unpaired) electrons. The van der Waals surface area contributed by atoms with Gasteiger partial charge in [0.25, 0.3) is 0 Å². The second-order valence-electron chi connectivity index (χ2n) is 7.07. The standard InChI is InChI=1S/C17H24BN3O5/c1-21(2)17(6-8-19-9-7-17)16(24)20-13-10-11-4-3-5-12(15(22)23)14(11)26-18(13)25/h3-5,13,19,25H,6-10H2,1-2H3,(H,20,24)(H,22,23)/t13-/m0/s1. The fraction of sp³-hybridized carbons (Fsp3) is 0.529. The third kappa shape index (κ3) is 3.29. The highest BCUT2D eigenvalue weighted by atomic mass is 16.5. The molecule has 4 N–H and O–H groups in total. The number of hydrogen-bond donors (Lipinski definition) is 4. The number of piperidine rings is 1. The molecule has 0 aliphatic carbocycles. The predicted octanol–water partition coefficient (Wildman–Crippen LogP) is -0.492. The van der Waals surface area contributed by atoms with Crippen LogP contribution in [0.15, 0.2) is 18.2 Å². The fourth-order valence-corrected chi connectivity index (χ4v) is 3.74. The van der Waals surface area contributed by atoms with Crippen molar-refractivity contribution in [2.75, 3.05) is 27.2 Å². The van der Waals surface area contributed by atoms with E-state index in [1.807, 2.05) is 19.0 Å². The van der Waals surface area contributed by atoms with Crippen LogP contribution in [-0.2, 0) is 11.2 Å². The number of rotatable bonds is 4. The maximum Gasteiger partial charge on any atom is 0.547 e. The highest BCUT2D eigenvalue weighted by molar-refractivity contribution is 6.47. The van der Waals surface area contributed by atoms with Gasteiger partial charge in [0, 0.05) is 0 Å². The average molecular weight is 361 g/mol. The van der Waals surface area contributed by atoms with E-state index in [2.05, 4.69) is 10.6 Å². The lowest BCUT2D eigenvalue weighted by Crippen LogP contribution is -2.64. The monoisotopic (exact) mass is 361 g/mol. The summed E-state index contributed by atoms with van der Waals surface area (Å²) in [5.41, 5.74) is 0.0351. The van der Waals surface area contributed by atoms with E-state index in [4.69, 9.17) is 4.65 Å². The number of nitrogens with one attached hydrogen (secondary N) is 2. The summed E-state index contributed by atoms with van der Waals surface area (Å²) in [5, 5.41) is 25.8. The van der Waals surface area contributed by atoms with Gasteiger partial charge in [0.15, 0.2) is 0 Å². The number of aromatic carboxylic acids is 1. The Labute approximate surface area is 152 Å². The maximum absolute atomic E-state index is 13.0. The summed E-state index contributed by atoms with van der Waals surface area (Å²) >= 11 is 0. The lowest BCUT2D eigenvalue weighted by Gasteiger charge is -2.42. The van der Waals surface area contributed by atoms with Crippen LogP contribution >= 0.6 is 0 Å². The molecule has 0 unspecified atom stereocenters.